The maximum atomic E-state index is 13.1. The molecule has 0 aromatic heterocycles. The second kappa shape index (κ2) is 9.39. The molecule has 1 atom stereocenters. The first-order chi connectivity index (χ1) is 15.1. The molecule has 0 spiro atoms. The molecule has 4 rings (SSSR count). The Morgan fingerprint density at radius 3 is 2.10 bits per heavy atom. The van der Waals surface area contributed by atoms with Crippen LogP contribution in [0.15, 0.2) is 48.5 Å². The van der Waals surface area contributed by atoms with Crippen molar-refractivity contribution in [2.75, 3.05) is 49.7 Å². The number of rotatable bonds is 7. The smallest absolute Gasteiger partial charge is 0.251 e. The molecule has 2 saturated heterocycles. The number of methoxy groups -OCH3 is 1. The highest BCUT2D eigenvalue weighted by Crippen LogP contribution is 2.29. The van der Waals surface area contributed by atoms with E-state index in [1.165, 1.54) is 4.90 Å². The van der Waals surface area contributed by atoms with Crippen LogP contribution in [0.3, 0.4) is 0 Å². The van der Waals surface area contributed by atoms with E-state index in [9.17, 15) is 9.59 Å². The van der Waals surface area contributed by atoms with Gasteiger partial charge >= 0.3 is 0 Å². The predicted octanol–water partition coefficient (Wildman–Crippen LogP) is 2.94. The Morgan fingerprint density at radius 1 is 0.871 bits per heavy atom. The zero-order valence-corrected chi connectivity index (χ0v) is 18.1. The normalized spacial score (nSPS) is 19.7. The highest BCUT2D eigenvalue weighted by Gasteiger charge is 2.43. The number of carbonyl (C=O) groups excluding carboxylic acids is 2. The molecule has 0 saturated carbocycles. The number of imide groups is 1. The Hall–Kier alpha value is -3.06. The van der Waals surface area contributed by atoms with E-state index in [4.69, 9.17) is 9.47 Å². The van der Waals surface area contributed by atoms with Crippen molar-refractivity contribution in [2.45, 2.75) is 25.8 Å². The van der Waals surface area contributed by atoms with Gasteiger partial charge in [0.1, 0.15) is 11.5 Å². The molecule has 7 nitrogen and oxygen atoms in total. The largest absolute Gasteiger partial charge is 0.497 e. The van der Waals surface area contributed by atoms with Crippen molar-refractivity contribution in [2.24, 2.45) is 0 Å². The van der Waals surface area contributed by atoms with Gasteiger partial charge in [-0.3, -0.25) is 14.5 Å². The summed E-state index contributed by atoms with van der Waals surface area (Å²) in [4.78, 5) is 31.5. The number of ether oxygens (including phenoxy) is 2. The number of nitrogens with zero attached hydrogens (tertiary/aromatic N) is 3. The van der Waals surface area contributed by atoms with Crippen LogP contribution in [0.4, 0.5) is 11.4 Å². The van der Waals surface area contributed by atoms with E-state index in [0.29, 0.717) is 12.3 Å². The summed E-state index contributed by atoms with van der Waals surface area (Å²) in [6.07, 6.45) is 1.16. The molecule has 2 aromatic rings. The Kier molecular flexibility index (Phi) is 6.42. The minimum atomic E-state index is -0.387. The zero-order valence-electron chi connectivity index (χ0n) is 18.1. The fourth-order valence-electron chi connectivity index (χ4n) is 4.17. The summed E-state index contributed by atoms with van der Waals surface area (Å²) in [5.74, 6) is 1.30. The van der Waals surface area contributed by atoms with Crippen molar-refractivity contribution < 1.29 is 19.1 Å². The van der Waals surface area contributed by atoms with Crippen molar-refractivity contribution in [1.29, 1.82) is 0 Å². The molecule has 2 heterocycles. The summed E-state index contributed by atoms with van der Waals surface area (Å²) in [5, 5.41) is 0. The van der Waals surface area contributed by atoms with Gasteiger partial charge in [0.15, 0.2) is 0 Å². The van der Waals surface area contributed by atoms with Gasteiger partial charge in [-0.2, -0.15) is 0 Å². The van der Waals surface area contributed by atoms with Crippen LogP contribution in [0, 0.1) is 0 Å². The van der Waals surface area contributed by atoms with Gasteiger partial charge in [0.25, 0.3) is 5.91 Å². The van der Waals surface area contributed by atoms with E-state index >= 15 is 0 Å². The number of benzene rings is 2. The molecule has 2 aliphatic rings. The van der Waals surface area contributed by atoms with Gasteiger partial charge < -0.3 is 14.4 Å². The standard InChI is InChI=1S/C24H29N3O4/c1-3-16-31-21-10-6-19(7-11-21)27-23(28)17-22(24(27)29)26-14-12-25(13-15-26)18-4-8-20(30-2)9-5-18/h4-11,22H,3,12-17H2,1-2H3/t22-/m0/s1. The molecular weight excluding hydrogens is 394 g/mol. The average molecular weight is 424 g/mol. The van der Waals surface area contributed by atoms with Crippen molar-refractivity contribution in [3.05, 3.63) is 48.5 Å². The van der Waals surface area contributed by atoms with Gasteiger partial charge in [0.2, 0.25) is 5.91 Å². The Labute approximate surface area is 183 Å². The van der Waals surface area contributed by atoms with Gasteiger partial charge in [0, 0.05) is 31.9 Å². The maximum Gasteiger partial charge on any atom is 0.251 e. The SMILES string of the molecule is CCCOc1ccc(N2C(=O)C[C@H](N3CCN(c4ccc(OC)cc4)CC3)C2=O)cc1. The van der Waals surface area contributed by atoms with Gasteiger partial charge in [0.05, 0.1) is 31.9 Å². The van der Waals surface area contributed by atoms with Crippen LogP contribution in [0.5, 0.6) is 11.5 Å². The second-order valence-electron chi connectivity index (χ2n) is 7.85. The first-order valence-electron chi connectivity index (χ1n) is 10.8. The minimum absolute atomic E-state index is 0.134. The average Bonchev–Trinajstić information content (AvgIpc) is 3.12. The van der Waals surface area contributed by atoms with Crippen LogP contribution in [0.25, 0.3) is 0 Å². The fourth-order valence-corrected chi connectivity index (χ4v) is 4.17. The maximum absolute atomic E-state index is 13.1. The minimum Gasteiger partial charge on any atom is -0.497 e. The van der Waals surface area contributed by atoms with Crippen LogP contribution in [-0.2, 0) is 9.59 Å². The topological polar surface area (TPSA) is 62.3 Å². The summed E-state index contributed by atoms with van der Waals surface area (Å²) in [5.41, 5.74) is 1.75. The summed E-state index contributed by atoms with van der Waals surface area (Å²) in [7, 11) is 1.66. The van der Waals surface area contributed by atoms with Gasteiger partial charge in [-0.25, -0.2) is 4.90 Å². The molecule has 7 heteroatoms. The predicted molar refractivity (Wildman–Crippen MR) is 120 cm³/mol. The van der Waals surface area contributed by atoms with E-state index in [1.807, 2.05) is 43.3 Å². The molecule has 0 unspecified atom stereocenters. The van der Waals surface area contributed by atoms with Crippen LogP contribution in [0.1, 0.15) is 19.8 Å². The summed E-state index contributed by atoms with van der Waals surface area (Å²) in [6, 6.07) is 14.8. The number of hydrogen-bond acceptors (Lipinski definition) is 6. The second-order valence-corrected chi connectivity index (χ2v) is 7.85. The van der Waals surface area contributed by atoms with Crippen molar-refractivity contribution >= 4 is 23.2 Å². The Bertz CT molecular complexity index is 905. The lowest BCUT2D eigenvalue weighted by Gasteiger charge is -2.38. The molecule has 2 aliphatic heterocycles. The monoisotopic (exact) mass is 423 g/mol. The molecule has 164 valence electrons. The molecule has 31 heavy (non-hydrogen) atoms. The number of anilines is 2. The first kappa shape index (κ1) is 21.2. The van der Waals surface area contributed by atoms with Crippen molar-refractivity contribution in [3.63, 3.8) is 0 Å². The first-order valence-corrected chi connectivity index (χ1v) is 10.8. The van der Waals surface area contributed by atoms with Crippen molar-refractivity contribution in [3.8, 4) is 11.5 Å². The molecule has 0 aliphatic carbocycles. The van der Waals surface area contributed by atoms with Crippen LogP contribution >= 0.6 is 0 Å². The number of piperazine rings is 1. The Morgan fingerprint density at radius 2 is 1.48 bits per heavy atom. The number of carbonyl (C=O) groups is 2. The molecule has 0 radical (unpaired) electrons. The lowest BCUT2D eigenvalue weighted by Crippen LogP contribution is -2.52. The fraction of sp³-hybridized carbons (Fsp3) is 0.417. The molecule has 2 amide bonds. The van der Waals surface area contributed by atoms with Crippen LogP contribution < -0.4 is 19.3 Å². The quantitative estimate of drug-likeness (QED) is 0.638. The number of amides is 2. The molecule has 0 bridgehead atoms. The van der Waals surface area contributed by atoms with Crippen LogP contribution in [0.2, 0.25) is 0 Å². The van der Waals surface area contributed by atoms with Gasteiger partial charge in [-0.15, -0.1) is 0 Å². The Balaban J connectivity index is 1.37. The van der Waals surface area contributed by atoms with Crippen LogP contribution in [-0.4, -0.2) is 62.7 Å². The summed E-state index contributed by atoms with van der Waals surface area (Å²) >= 11 is 0. The molecule has 2 aromatic carbocycles. The summed E-state index contributed by atoms with van der Waals surface area (Å²) in [6.45, 7) is 5.81. The lowest BCUT2D eigenvalue weighted by molar-refractivity contribution is -0.123. The molecular formula is C24H29N3O4. The van der Waals surface area contributed by atoms with E-state index in [2.05, 4.69) is 9.80 Å². The zero-order chi connectivity index (χ0) is 21.8. The third kappa shape index (κ3) is 4.51. The highest BCUT2D eigenvalue weighted by molar-refractivity contribution is 6.22. The molecule has 2 fully saturated rings. The highest BCUT2D eigenvalue weighted by atomic mass is 16.5. The lowest BCUT2D eigenvalue weighted by atomic mass is 10.1. The summed E-state index contributed by atoms with van der Waals surface area (Å²) < 4.78 is 10.8. The van der Waals surface area contributed by atoms with Gasteiger partial charge in [-0.05, 0) is 55.0 Å². The van der Waals surface area contributed by atoms with Gasteiger partial charge in [-0.1, -0.05) is 6.92 Å². The van der Waals surface area contributed by atoms with E-state index in [1.54, 1.807) is 19.2 Å². The van der Waals surface area contributed by atoms with E-state index in [0.717, 1.165) is 49.8 Å². The third-order valence-electron chi connectivity index (χ3n) is 5.88. The third-order valence-corrected chi connectivity index (χ3v) is 5.88. The van der Waals surface area contributed by atoms with E-state index in [-0.39, 0.29) is 24.3 Å². The van der Waals surface area contributed by atoms with Crippen molar-refractivity contribution in [1.82, 2.24) is 4.90 Å². The number of hydrogen-bond donors (Lipinski definition) is 0. The molecule has 0 N–H and O–H groups in total. The van der Waals surface area contributed by atoms with E-state index < -0.39 is 0 Å².